The molecule has 0 aromatic heterocycles. The first-order valence-electron chi connectivity index (χ1n) is 6.08. The van der Waals surface area contributed by atoms with Crippen molar-refractivity contribution in [3.05, 3.63) is 35.6 Å². The van der Waals surface area contributed by atoms with Gasteiger partial charge in [-0.25, -0.2) is 9.18 Å². The predicted molar refractivity (Wildman–Crippen MR) is 69.3 cm³/mol. The minimum Gasteiger partial charge on any atom is -0.480 e. The first-order valence-corrected chi connectivity index (χ1v) is 6.08. The number of benzene rings is 1. The molecule has 6 nitrogen and oxygen atoms in total. The quantitative estimate of drug-likeness (QED) is 0.546. The molecule has 1 rings (SSSR count). The van der Waals surface area contributed by atoms with Crippen LogP contribution < -0.4 is 11.1 Å². The maximum absolute atomic E-state index is 13.5. The highest BCUT2D eigenvalue weighted by Gasteiger charge is 2.24. The van der Waals surface area contributed by atoms with Crippen LogP contribution in [0.25, 0.3) is 0 Å². The molecule has 2 atom stereocenters. The first kappa shape index (κ1) is 16.1. The van der Waals surface area contributed by atoms with Crippen molar-refractivity contribution in [2.45, 2.75) is 24.9 Å². The van der Waals surface area contributed by atoms with E-state index in [9.17, 15) is 14.0 Å². The van der Waals surface area contributed by atoms with E-state index in [1.165, 1.54) is 18.2 Å². The summed E-state index contributed by atoms with van der Waals surface area (Å²) in [4.78, 5) is 22.7. The van der Waals surface area contributed by atoms with Gasteiger partial charge in [-0.15, -0.1) is 0 Å². The maximum Gasteiger partial charge on any atom is 0.326 e. The molecule has 1 aromatic carbocycles. The van der Waals surface area contributed by atoms with Gasteiger partial charge in [0.15, 0.2) is 0 Å². The fourth-order valence-electron chi connectivity index (χ4n) is 1.63. The van der Waals surface area contributed by atoms with Crippen LogP contribution in [0.1, 0.15) is 12.0 Å². The zero-order valence-corrected chi connectivity index (χ0v) is 10.8. The van der Waals surface area contributed by atoms with Crippen LogP contribution in [0.15, 0.2) is 24.3 Å². The smallest absolute Gasteiger partial charge is 0.326 e. The second kappa shape index (κ2) is 7.56. The fourth-order valence-corrected chi connectivity index (χ4v) is 1.63. The summed E-state index contributed by atoms with van der Waals surface area (Å²) in [5.74, 6) is -2.51. The van der Waals surface area contributed by atoms with Crippen molar-refractivity contribution in [2.75, 3.05) is 6.61 Å². The molecule has 0 aliphatic heterocycles. The highest BCUT2D eigenvalue weighted by molar-refractivity contribution is 5.86. The van der Waals surface area contributed by atoms with Gasteiger partial charge in [0.05, 0.1) is 6.04 Å². The number of aliphatic carboxylic acids is 1. The van der Waals surface area contributed by atoms with Gasteiger partial charge in [-0.2, -0.15) is 0 Å². The monoisotopic (exact) mass is 284 g/mol. The number of aliphatic hydroxyl groups excluding tert-OH is 1. The number of halogens is 1. The summed E-state index contributed by atoms with van der Waals surface area (Å²) in [6.45, 7) is -0.278. The Balaban J connectivity index is 2.73. The number of aliphatic hydroxyl groups is 1. The van der Waals surface area contributed by atoms with E-state index in [2.05, 4.69) is 5.32 Å². The zero-order valence-electron chi connectivity index (χ0n) is 10.8. The van der Waals surface area contributed by atoms with Gasteiger partial charge in [-0.05, 0) is 18.1 Å². The number of hydrogen-bond acceptors (Lipinski definition) is 4. The van der Waals surface area contributed by atoms with Crippen LogP contribution in [0, 0.1) is 5.82 Å². The van der Waals surface area contributed by atoms with Crippen LogP contribution >= 0.6 is 0 Å². The van der Waals surface area contributed by atoms with Crippen LogP contribution in [0.4, 0.5) is 4.39 Å². The lowest BCUT2D eigenvalue weighted by Crippen LogP contribution is -2.49. The summed E-state index contributed by atoms with van der Waals surface area (Å²) < 4.78 is 13.5. The van der Waals surface area contributed by atoms with E-state index >= 15 is 0 Å². The SMILES string of the molecule is N[C@@H](CCO)C(=O)NC(Cc1ccccc1F)C(=O)O. The lowest BCUT2D eigenvalue weighted by molar-refractivity contribution is -0.142. The standard InChI is InChI=1S/C13H17FN2O4/c14-9-4-2-1-3-8(9)7-11(13(19)20)16-12(18)10(15)5-6-17/h1-4,10-11,17H,5-7,15H2,(H,16,18)(H,19,20)/t10-,11?/m0/s1. The Morgan fingerprint density at radius 3 is 2.55 bits per heavy atom. The molecule has 5 N–H and O–H groups in total. The van der Waals surface area contributed by atoms with Gasteiger partial charge in [0.2, 0.25) is 5.91 Å². The molecule has 7 heteroatoms. The lowest BCUT2D eigenvalue weighted by Gasteiger charge is -2.17. The van der Waals surface area contributed by atoms with Crippen molar-refractivity contribution >= 4 is 11.9 Å². The predicted octanol–water partition coefficient (Wildman–Crippen LogP) is -0.353. The zero-order chi connectivity index (χ0) is 15.1. The van der Waals surface area contributed by atoms with Crippen molar-refractivity contribution in [3.8, 4) is 0 Å². The Kier molecular flexibility index (Phi) is 6.08. The van der Waals surface area contributed by atoms with Crippen LogP contribution in [-0.2, 0) is 16.0 Å². The number of rotatable bonds is 7. The second-order valence-corrected chi connectivity index (χ2v) is 4.31. The molecule has 0 aliphatic rings. The lowest BCUT2D eigenvalue weighted by atomic mass is 10.0. The number of hydrogen-bond donors (Lipinski definition) is 4. The first-order chi connectivity index (χ1) is 9.45. The number of carboxylic acid groups (broad SMARTS) is 1. The molecule has 0 aliphatic carbocycles. The van der Waals surface area contributed by atoms with Crippen molar-refractivity contribution in [1.29, 1.82) is 0 Å². The minimum atomic E-state index is -1.28. The van der Waals surface area contributed by atoms with Crippen LogP contribution in [0.2, 0.25) is 0 Å². The van der Waals surface area contributed by atoms with Gasteiger partial charge in [-0.3, -0.25) is 4.79 Å². The van der Waals surface area contributed by atoms with E-state index in [0.717, 1.165) is 0 Å². The average Bonchev–Trinajstić information content (AvgIpc) is 2.40. The molecule has 0 saturated carbocycles. The molecule has 0 bridgehead atoms. The van der Waals surface area contributed by atoms with Gasteiger partial charge in [0.25, 0.3) is 0 Å². The number of carbonyl (C=O) groups excluding carboxylic acids is 1. The van der Waals surface area contributed by atoms with Gasteiger partial charge in [0, 0.05) is 13.0 Å². The highest BCUT2D eigenvalue weighted by atomic mass is 19.1. The van der Waals surface area contributed by atoms with E-state index in [4.69, 9.17) is 15.9 Å². The molecule has 20 heavy (non-hydrogen) atoms. The van der Waals surface area contributed by atoms with Gasteiger partial charge < -0.3 is 21.3 Å². The summed E-state index contributed by atoms with van der Waals surface area (Å²) >= 11 is 0. The van der Waals surface area contributed by atoms with Gasteiger partial charge in [0.1, 0.15) is 11.9 Å². The summed E-state index contributed by atoms with van der Waals surface area (Å²) in [6, 6.07) is 3.46. The molecule has 0 spiro atoms. The number of carbonyl (C=O) groups is 2. The topological polar surface area (TPSA) is 113 Å². The fraction of sp³-hybridized carbons (Fsp3) is 0.385. The Bertz CT molecular complexity index is 481. The third kappa shape index (κ3) is 4.60. The average molecular weight is 284 g/mol. The summed E-state index contributed by atoms with van der Waals surface area (Å²) in [6.07, 6.45) is -0.155. The molecule has 1 amide bonds. The van der Waals surface area contributed by atoms with Crippen LogP contribution in [0.5, 0.6) is 0 Å². The Hall–Kier alpha value is -1.99. The van der Waals surface area contributed by atoms with E-state index in [0.29, 0.717) is 0 Å². The molecule has 0 heterocycles. The number of nitrogens with two attached hydrogens (primary N) is 1. The molecule has 0 radical (unpaired) electrons. The Morgan fingerprint density at radius 2 is 2.00 bits per heavy atom. The minimum absolute atomic E-state index is 0.0257. The van der Waals surface area contributed by atoms with Crippen molar-refractivity contribution in [2.24, 2.45) is 5.73 Å². The Labute approximate surface area is 115 Å². The number of nitrogens with one attached hydrogen (secondary N) is 1. The third-order valence-electron chi connectivity index (χ3n) is 2.77. The van der Waals surface area contributed by atoms with Crippen molar-refractivity contribution < 1.29 is 24.2 Å². The van der Waals surface area contributed by atoms with Crippen LogP contribution in [0.3, 0.4) is 0 Å². The van der Waals surface area contributed by atoms with E-state index < -0.39 is 29.8 Å². The van der Waals surface area contributed by atoms with E-state index in [-0.39, 0.29) is 25.0 Å². The second-order valence-electron chi connectivity index (χ2n) is 4.31. The van der Waals surface area contributed by atoms with E-state index in [1.54, 1.807) is 6.07 Å². The van der Waals surface area contributed by atoms with Crippen LogP contribution in [-0.4, -0.2) is 40.8 Å². The summed E-state index contributed by atoms with van der Waals surface area (Å²) in [5, 5.41) is 20.0. The Morgan fingerprint density at radius 1 is 1.35 bits per heavy atom. The molecule has 1 aromatic rings. The van der Waals surface area contributed by atoms with Gasteiger partial charge in [-0.1, -0.05) is 18.2 Å². The highest BCUT2D eigenvalue weighted by Crippen LogP contribution is 2.09. The molecular formula is C13H17FN2O4. The normalized spacial score (nSPS) is 13.6. The molecular weight excluding hydrogens is 267 g/mol. The largest absolute Gasteiger partial charge is 0.480 e. The summed E-state index contributed by atoms with van der Waals surface area (Å²) in [7, 11) is 0. The maximum atomic E-state index is 13.5. The van der Waals surface area contributed by atoms with Crippen molar-refractivity contribution in [3.63, 3.8) is 0 Å². The summed E-state index contributed by atoms with van der Waals surface area (Å²) in [5.41, 5.74) is 5.65. The molecule has 110 valence electrons. The van der Waals surface area contributed by atoms with Crippen molar-refractivity contribution in [1.82, 2.24) is 5.32 Å². The molecule has 0 saturated heterocycles. The number of carboxylic acids is 1. The van der Waals surface area contributed by atoms with E-state index in [1.807, 2.05) is 0 Å². The van der Waals surface area contributed by atoms with Gasteiger partial charge >= 0.3 is 5.97 Å². The number of amides is 1. The molecule has 1 unspecified atom stereocenters. The third-order valence-corrected chi connectivity index (χ3v) is 2.77. The molecule has 0 fully saturated rings.